The average Bonchev–Trinajstić information content (AvgIpc) is 3.28. The quantitative estimate of drug-likeness (QED) is 0.519. The summed E-state index contributed by atoms with van der Waals surface area (Å²) < 4.78 is 0. The highest BCUT2D eigenvalue weighted by molar-refractivity contribution is 6.48. The Kier molecular flexibility index (Phi) is 5.71. The lowest BCUT2D eigenvalue weighted by Gasteiger charge is -2.21. The summed E-state index contributed by atoms with van der Waals surface area (Å²) in [6, 6.07) is 14.9. The normalized spacial score (nSPS) is 14.6. The molecule has 0 N–H and O–H groups in total. The van der Waals surface area contributed by atoms with E-state index in [9.17, 15) is 0 Å². The van der Waals surface area contributed by atoms with Gasteiger partial charge in [-0.2, -0.15) is 5.10 Å². The zero-order chi connectivity index (χ0) is 23.0. The van der Waals surface area contributed by atoms with Crippen LogP contribution in [0.5, 0.6) is 0 Å². The van der Waals surface area contributed by atoms with Crippen LogP contribution in [0.15, 0.2) is 52.6 Å². The number of hydrogen-bond acceptors (Lipinski definition) is 5. The van der Waals surface area contributed by atoms with Crippen molar-refractivity contribution in [3.8, 4) is 11.4 Å². The molecule has 2 heterocycles. The van der Waals surface area contributed by atoms with Crippen LogP contribution >= 0.6 is 0 Å². The molecule has 0 fully saturated rings. The number of fused-ring (bicyclic) bond motifs is 1. The first-order chi connectivity index (χ1) is 15.2. The molecule has 1 aliphatic rings. The predicted molar refractivity (Wildman–Crippen MR) is 134 cm³/mol. The first kappa shape index (κ1) is 21.9. The maximum atomic E-state index is 4.93. The molecular weight excluding hydrogens is 396 g/mol. The fraction of sp³-hybridized carbons (Fsp3) is 0.385. The molecule has 6 heteroatoms. The first-order valence-corrected chi connectivity index (χ1v) is 11.3. The van der Waals surface area contributed by atoms with Gasteiger partial charge in [-0.3, -0.25) is 0 Å². The largest absolute Gasteiger partial charge is 0.372 e. The van der Waals surface area contributed by atoms with E-state index in [4.69, 9.17) is 9.98 Å². The minimum Gasteiger partial charge on any atom is -0.372 e. The maximum absolute atomic E-state index is 4.93. The van der Waals surface area contributed by atoms with Gasteiger partial charge in [0, 0.05) is 24.3 Å². The highest BCUT2D eigenvalue weighted by Gasteiger charge is 2.25. The molecule has 1 aliphatic heterocycles. The number of anilines is 1. The van der Waals surface area contributed by atoms with Crippen LogP contribution in [-0.2, 0) is 5.41 Å². The fourth-order valence-corrected chi connectivity index (χ4v) is 3.92. The first-order valence-electron chi connectivity index (χ1n) is 11.3. The van der Waals surface area contributed by atoms with Crippen molar-refractivity contribution < 1.29 is 0 Å². The Hall–Kier alpha value is -3.28. The van der Waals surface area contributed by atoms with Gasteiger partial charge in [-0.1, -0.05) is 45.0 Å². The van der Waals surface area contributed by atoms with Crippen molar-refractivity contribution in [2.75, 3.05) is 18.0 Å². The van der Waals surface area contributed by atoms with Crippen molar-refractivity contribution in [3.05, 3.63) is 59.4 Å². The van der Waals surface area contributed by atoms with Crippen molar-refractivity contribution in [2.45, 2.75) is 53.9 Å². The summed E-state index contributed by atoms with van der Waals surface area (Å²) in [5.74, 6) is 1.35. The molecule has 0 spiro atoms. The van der Waals surface area contributed by atoms with Crippen molar-refractivity contribution in [2.24, 2.45) is 10.1 Å². The zero-order valence-corrected chi connectivity index (χ0v) is 20.1. The summed E-state index contributed by atoms with van der Waals surface area (Å²) in [6.45, 7) is 17.0. The summed E-state index contributed by atoms with van der Waals surface area (Å²) in [7, 11) is 0. The van der Waals surface area contributed by atoms with E-state index < -0.39 is 0 Å². The van der Waals surface area contributed by atoms with Gasteiger partial charge < -0.3 is 4.90 Å². The van der Waals surface area contributed by atoms with Gasteiger partial charge in [0.05, 0.1) is 11.4 Å². The highest BCUT2D eigenvalue weighted by atomic mass is 15.6. The molecule has 0 saturated heterocycles. The number of rotatable bonds is 5. The van der Waals surface area contributed by atoms with E-state index in [1.54, 1.807) is 4.79 Å². The Balaban J connectivity index is 1.66. The number of aliphatic imine (C=N–C) groups is 1. The Morgan fingerprint density at radius 1 is 0.969 bits per heavy atom. The molecule has 0 radical (unpaired) electrons. The molecule has 0 aliphatic carbocycles. The van der Waals surface area contributed by atoms with E-state index in [0.29, 0.717) is 11.6 Å². The molecule has 0 unspecified atom stereocenters. The lowest BCUT2D eigenvalue weighted by atomic mass is 9.87. The van der Waals surface area contributed by atoms with E-state index in [1.165, 1.54) is 11.3 Å². The van der Waals surface area contributed by atoms with Gasteiger partial charge in [-0.05, 0) is 62.4 Å². The van der Waals surface area contributed by atoms with Gasteiger partial charge in [0.25, 0.3) is 0 Å². The van der Waals surface area contributed by atoms with Crippen molar-refractivity contribution in [1.29, 1.82) is 0 Å². The molecule has 1 aromatic heterocycles. The van der Waals surface area contributed by atoms with Gasteiger partial charge in [-0.25, -0.2) is 9.98 Å². The summed E-state index contributed by atoms with van der Waals surface area (Å²) >= 11 is 0. The molecule has 166 valence electrons. The molecule has 0 bridgehead atoms. The fourth-order valence-electron chi connectivity index (χ4n) is 3.92. The van der Waals surface area contributed by atoms with Gasteiger partial charge >= 0.3 is 0 Å². The number of aryl methyl sites for hydroxylation is 1. The number of hydrogen-bond donors (Lipinski definition) is 0. The molecule has 6 nitrogen and oxygen atoms in total. The SMILES string of the molecule is CCN(CC)c1ccc(N=C2C(C)=Nn3nc(-c4ccc(C(C)(C)C)cc4)nc32)c(C)c1. The van der Waals surface area contributed by atoms with E-state index in [0.717, 1.165) is 41.3 Å². The van der Waals surface area contributed by atoms with Crippen LogP contribution in [0.1, 0.15) is 58.5 Å². The van der Waals surface area contributed by atoms with Gasteiger partial charge in [0.2, 0.25) is 5.82 Å². The van der Waals surface area contributed by atoms with Gasteiger partial charge in [0.15, 0.2) is 5.82 Å². The second kappa shape index (κ2) is 8.34. The molecule has 0 amide bonds. The topological polar surface area (TPSA) is 58.7 Å². The monoisotopic (exact) mass is 428 g/mol. The van der Waals surface area contributed by atoms with Crippen LogP contribution in [0.3, 0.4) is 0 Å². The van der Waals surface area contributed by atoms with E-state index >= 15 is 0 Å². The van der Waals surface area contributed by atoms with E-state index in [1.807, 2.05) is 6.92 Å². The second-order valence-electron chi connectivity index (χ2n) is 9.26. The Morgan fingerprint density at radius 3 is 2.25 bits per heavy atom. The third-order valence-electron chi connectivity index (χ3n) is 5.94. The average molecular weight is 429 g/mol. The van der Waals surface area contributed by atoms with Crippen LogP contribution in [0.25, 0.3) is 11.4 Å². The number of benzene rings is 2. The van der Waals surface area contributed by atoms with Crippen molar-refractivity contribution >= 4 is 22.8 Å². The number of nitrogens with zero attached hydrogens (tertiary/aromatic N) is 6. The smallest absolute Gasteiger partial charge is 0.204 e. The minimum atomic E-state index is 0.113. The van der Waals surface area contributed by atoms with Crippen molar-refractivity contribution in [1.82, 2.24) is 14.9 Å². The van der Waals surface area contributed by atoms with Crippen LogP contribution in [0.4, 0.5) is 11.4 Å². The minimum absolute atomic E-state index is 0.113. The van der Waals surface area contributed by atoms with Crippen LogP contribution in [-0.4, -0.2) is 39.4 Å². The molecule has 4 rings (SSSR count). The van der Waals surface area contributed by atoms with Crippen molar-refractivity contribution in [3.63, 3.8) is 0 Å². The summed E-state index contributed by atoms with van der Waals surface area (Å²) in [4.78, 5) is 13.6. The Morgan fingerprint density at radius 2 is 1.66 bits per heavy atom. The van der Waals surface area contributed by atoms with E-state index in [2.05, 4.69) is 99.1 Å². The third-order valence-corrected chi connectivity index (χ3v) is 5.94. The third kappa shape index (κ3) is 4.09. The highest BCUT2D eigenvalue weighted by Crippen LogP contribution is 2.28. The van der Waals surface area contributed by atoms with Crippen LogP contribution in [0, 0.1) is 6.92 Å². The molecule has 0 saturated carbocycles. The molecule has 32 heavy (non-hydrogen) atoms. The zero-order valence-electron chi connectivity index (χ0n) is 20.1. The molecule has 0 atom stereocenters. The maximum Gasteiger partial charge on any atom is 0.204 e. The predicted octanol–water partition coefficient (Wildman–Crippen LogP) is 5.76. The second-order valence-corrected chi connectivity index (χ2v) is 9.26. The summed E-state index contributed by atoms with van der Waals surface area (Å²) in [5.41, 5.74) is 7.25. The summed E-state index contributed by atoms with van der Waals surface area (Å²) in [5, 5.41) is 9.16. The van der Waals surface area contributed by atoms with Crippen LogP contribution < -0.4 is 4.90 Å². The Labute approximate surface area is 190 Å². The van der Waals surface area contributed by atoms with Crippen LogP contribution in [0.2, 0.25) is 0 Å². The summed E-state index contributed by atoms with van der Waals surface area (Å²) in [6.07, 6.45) is 0. The lowest BCUT2D eigenvalue weighted by Crippen LogP contribution is -2.21. The molecular formula is C26H32N6. The van der Waals surface area contributed by atoms with Gasteiger partial charge in [-0.15, -0.1) is 9.89 Å². The Bertz CT molecular complexity index is 1190. The van der Waals surface area contributed by atoms with Gasteiger partial charge in [0.1, 0.15) is 5.71 Å². The molecule has 3 aromatic rings. The lowest BCUT2D eigenvalue weighted by molar-refractivity contribution is 0.590. The standard InChI is InChI=1S/C26H32N6/c1-8-31(9-2)21-14-15-22(17(3)16-21)27-23-18(4)29-32-25(23)28-24(30-32)19-10-12-20(13-11-19)26(5,6)7/h10-16H,8-9H2,1-7H3. The van der Waals surface area contributed by atoms with E-state index in [-0.39, 0.29) is 5.41 Å². The number of aromatic nitrogens is 3. The molecule has 2 aromatic carbocycles.